The second-order valence-electron chi connectivity index (χ2n) is 4.69. The Labute approximate surface area is 106 Å². The number of anilines is 1. The lowest BCUT2D eigenvalue weighted by molar-refractivity contribution is 0.0690. The summed E-state index contributed by atoms with van der Waals surface area (Å²) < 4.78 is 0. The van der Waals surface area contributed by atoms with E-state index in [-0.39, 0.29) is 24.3 Å². The second-order valence-corrected chi connectivity index (χ2v) is 4.69. The lowest BCUT2D eigenvalue weighted by atomic mass is 9.85. The van der Waals surface area contributed by atoms with Gasteiger partial charge in [-0.1, -0.05) is 18.9 Å². The third-order valence-electron chi connectivity index (χ3n) is 3.45. The molecule has 5 nitrogen and oxygen atoms in total. The van der Waals surface area contributed by atoms with E-state index in [0.29, 0.717) is 5.82 Å². The van der Waals surface area contributed by atoms with Crippen LogP contribution in [0.5, 0.6) is 0 Å². The summed E-state index contributed by atoms with van der Waals surface area (Å²) in [4.78, 5) is 14.9. The zero-order valence-electron chi connectivity index (χ0n) is 10.2. The molecule has 0 spiro atoms. The third-order valence-corrected chi connectivity index (χ3v) is 3.45. The molecule has 2 atom stereocenters. The van der Waals surface area contributed by atoms with Crippen molar-refractivity contribution in [3.05, 3.63) is 23.9 Å². The summed E-state index contributed by atoms with van der Waals surface area (Å²) in [6.07, 6.45) is 4.27. The molecule has 1 aromatic rings. The van der Waals surface area contributed by atoms with Gasteiger partial charge in [0, 0.05) is 18.6 Å². The number of aromatic nitrogens is 1. The van der Waals surface area contributed by atoms with Crippen molar-refractivity contribution in [1.82, 2.24) is 4.98 Å². The number of aliphatic hydroxyl groups excluding tert-OH is 1. The van der Waals surface area contributed by atoms with Crippen LogP contribution in [0, 0.1) is 5.92 Å². The van der Waals surface area contributed by atoms with Crippen molar-refractivity contribution < 1.29 is 15.0 Å². The van der Waals surface area contributed by atoms with Gasteiger partial charge in [0.1, 0.15) is 5.82 Å². The number of hydrogen-bond donors (Lipinski definition) is 3. The van der Waals surface area contributed by atoms with Crippen LogP contribution in [0.2, 0.25) is 0 Å². The van der Waals surface area contributed by atoms with Gasteiger partial charge in [-0.05, 0) is 25.0 Å². The van der Waals surface area contributed by atoms with Crippen LogP contribution in [0.3, 0.4) is 0 Å². The molecular formula is C13H18N2O3. The van der Waals surface area contributed by atoms with Crippen molar-refractivity contribution in [3.63, 3.8) is 0 Å². The predicted molar refractivity (Wildman–Crippen MR) is 67.7 cm³/mol. The average molecular weight is 250 g/mol. The van der Waals surface area contributed by atoms with Gasteiger partial charge in [0.15, 0.2) is 5.69 Å². The number of carboxylic acids is 1. The molecule has 2 unspecified atom stereocenters. The maximum Gasteiger partial charge on any atom is 0.354 e. The van der Waals surface area contributed by atoms with Gasteiger partial charge in [0.2, 0.25) is 0 Å². The van der Waals surface area contributed by atoms with E-state index in [9.17, 15) is 9.90 Å². The monoisotopic (exact) mass is 250 g/mol. The number of carboxylic acid groups (broad SMARTS) is 1. The molecule has 18 heavy (non-hydrogen) atoms. The zero-order chi connectivity index (χ0) is 13.0. The highest BCUT2D eigenvalue weighted by atomic mass is 16.4. The van der Waals surface area contributed by atoms with Crippen molar-refractivity contribution in [3.8, 4) is 0 Å². The van der Waals surface area contributed by atoms with Gasteiger partial charge in [0.05, 0.1) is 0 Å². The third kappa shape index (κ3) is 2.98. The molecule has 0 bridgehead atoms. The lowest BCUT2D eigenvalue weighted by Crippen LogP contribution is -2.34. The number of rotatable bonds is 4. The fraction of sp³-hybridized carbons (Fsp3) is 0.538. The summed E-state index contributed by atoms with van der Waals surface area (Å²) in [6.45, 7) is 0.163. The minimum atomic E-state index is -1.03. The second kappa shape index (κ2) is 5.82. The minimum absolute atomic E-state index is 0.0383. The number of nitrogens with one attached hydrogen (secondary N) is 1. The fourth-order valence-electron chi connectivity index (χ4n) is 2.44. The number of aromatic carboxylic acids is 1. The summed E-state index contributed by atoms with van der Waals surface area (Å²) in [7, 11) is 0. The van der Waals surface area contributed by atoms with Gasteiger partial charge in [-0.2, -0.15) is 0 Å². The van der Waals surface area contributed by atoms with Crippen LogP contribution in [0.25, 0.3) is 0 Å². The Balaban J connectivity index is 2.07. The van der Waals surface area contributed by atoms with E-state index in [1.165, 1.54) is 6.07 Å². The van der Waals surface area contributed by atoms with Crippen LogP contribution >= 0.6 is 0 Å². The van der Waals surface area contributed by atoms with Gasteiger partial charge in [0.25, 0.3) is 0 Å². The lowest BCUT2D eigenvalue weighted by Gasteiger charge is -2.31. The fourth-order valence-corrected chi connectivity index (χ4v) is 2.44. The molecule has 1 saturated carbocycles. The SMILES string of the molecule is O=C(O)c1cccc(NC2CCCCC2CO)n1. The van der Waals surface area contributed by atoms with E-state index >= 15 is 0 Å². The molecule has 5 heteroatoms. The summed E-state index contributed by atoms with van der Waals surface area (Å²) in [5.74, 6) is -0.227. The Kier molecular flexibility index (Phi) is 4.15. The number of nitrogens with zero attached hydrogens (tertiary/aromatic N) is 1. The Hall–Kier alpha value is -1.62. The first-order valence-corrected chi connectivity index (χ1v) is 6.28. The summed E-state index contributed by atoms with van der Waals surface area (Å²) in [5, 5.41) is 21.5. The van der Waals surface area contributed by atoms with Crippen LogP contribution in [0.1, 0.15) is 36.2 Å². The molecule has 1 fully saturated rings. The zero-order valence-corrected chi connectivity index (χ0v) is 10.2. The van der Waals surface area contributed by atoms with E-state index < -0.39 is 5.97 Å². The van der Waals surface area contributed by atoms with Crippen LogP contribution in [0.4, 0.5) is 5.82 Å². The molecule has 1 aliphatic carbocycles. The van der Waals surface area contributed by atoms with Gasteiger partial charge < -0.3 is 15.5 Å². The van der Waals surface area contributed by atoms with Crippen LogP contribution in [-0.4, -0.2) is 33.8 Å². The first-order chi connectivity index (χ1) is 8.70. The van der Waals surface area contributed by atoms with Gasteiger partial charge in [-0.15, -0.1) is 0 Å². The highest BCUT2D eigenvalue weighted by Gasteiger charge is 2.24. The molecule has 0 radical (unpaired) electrons. The average Bonchev–Trinajstić information content (AvgIpc) is 2.39. The topological polar surface area (TPSA) is 82.5 Å². The number of pyridine rings is 1. The van der Waals surface area contributed by atoms with E-state index in [2.05, 4.69) is 10.3 Å². The molecule has 1 heterocycles. The number of carbonyl (C=O) groups is 1. The van der Waals surface area contributed by atoms with Crippen LogP contribution < -0.4 is 5.32 Å². The molecular weight excluding hydrogens is 232 g/mol. The predicted octanol–water partition coefficient (Wildman–Crippen LogP) is 1.74. The van der Waals surface area contributed by atoms with Crippen molar-refractivity contribution in [2.45, 2.75) is 31.7 Å². The van der Waals surface area contributed by atoms with E-state index in [1.54, 1.807) is 12.1 Å². The molecule has 98 valence electrons. The smallest absolute Gasteiger partial charge is 0.354 e. The van der Waals surface area contributed by atoms with Crippen molar-refractivity contribution in [2.75, 3.05) is 11.9 Å². The standard InChI is InChI=1S/C13H18N2O3/c16-8-9-4-1-2-5-10(9)14-12-7-3-6-11(15-12)13(17)18/h3,6-7,9-10,16H,1-2,4-5,8H2,(H,14,15)(H,17,18). The van der Waals surface area contributed by atoms with Crippen molar-refractivity contribution >= 4 is 11.8 Å². The van der Waals surface area contributed by atoms with Crippen LogP contribution in [-0.2, 0) is 0 Å². The van der Waals surface area contributed by atoms with Gasteiger partial charge in [-0.3, -0.25) is 0 Å². The van der Waals surface area contributed by atoms with Gasteiger partial charge in [-0.25, -0.2) is 9.78 Å². The quantitative estimate of drug-likeness (QED) is 0.758. The highest BCUT2D eigenvalue weighted by molar-refractivity contribution is 5.85. The summed E-state index contributed by atoms with van der Waals surface area (Å²) in [5.41, 5.74) is 0.0383. The first-order valence-electron chi connectivity index (χ1n) is 6.28. The van der Waals surface area contributed by atoms with Gasteiger partial charge >= 0.3 is 5.97 Å². The molecule has 0 amide bonds. The van der Waals surface area contributed by atoms with Crippen molar-refractivity contribution in [1.29, 1.82) is 0 Å². The first kappa shape index (κ1) is 12.8. The molecule has 1 aromatic heterocycles. The minimum Gasteiger partial charge on any atom is -0.477 e. The number of hydrogen-bond acceptors (Lipinski definition) is 4. The molecule has 2 rings (SSSR count). The molecule has 3 N–H and O–H groups in total. The highest BCUT2D eigenvalue weighted by Crippen LogP contribution is 2.26. The molecule has 0 aromatic carbocycles. The van der Waals surface area contributed by atoms with Crippen LogP contribution in [0.15, 0.2) is 18.2 Å². The maximum absolute atomic E-state index is 10.8. The largest absolute Gasteiger partial charge is 0.477 e. The molecule has 0 aliphatic heterocycles. The molecule has 0 saturated heterocycles. The summed E-state index contributed by atoms with van der Waals surface area (Å²) >= 11 is 0. The van der Waals surface area contributed by atoms with E-state index in [1.807, 2.05) is 0 Å². The number of aliphatic hydroxyl groups is 1. The van der Waals surface area contributed by atoms with Crippen molar-refractivity contribution in [2.24, 2.45) is 5.92 Å². The maximum atomic E-state index is 10.8. The normalized spacial score (nSPS) is 23.6. The van der Waals surface area contributed by atoms with E-state index in [4.69, 9.17) is 5.11 Å². The molecule has 1 aliphatic rings. The Morgan fingerprint density at radius 2 is 2.17 bits per heavy atom. The Morgan fingerprint density at radius 3 is 2.89 bits per heavy atom. The van der Waals surface area contributed by atoms with E-state index in [0.717, 1.165) is 25.7 Å². The summed E-state index contributed by atoms with van der Waals surface area (Å²) in [6, 6.07) is 5.09. The Morgan fingerprint density at radius 1 is 1.39 bits per heavy atom. The Bertz CT molecular complexity index is 422.